The van der Waals surface area contributed by atoms with Crippen molar-refractivity contribution in [3.05, 3.63) is 11.6 Å². The van der Waals surface area contributed by atoms with E-state index >= 15 is 0 Å². The first-order valence-electron chi connectivity index (χ1n) is 5.59. The van der Waals surface area contributed by atoms with E-state index in [1.165, 1.54) is 44.1 Å². The standard InChI is InChI=1S/C12H18O/c13-12-8-4-3-6-10-5-1-2-7-11(10)9-12/h9-10H,1-8H2. The molecule has 0 N–H and O–H groups in total. The number of carbonyl (C=O) groups is 1. The maximum absolute atomic E-state index is 11.4. The Labute approximate surface area is 80.2 Å². The molecule has 0 saturated heterocycles. The van der Waals surface area contributed by atoms with E-state index in [4.69, 9.17) is 0 Å². The summed E-state index contributed by atoms with van der Waals surface area (Å²) in [4.78, 5) is 11.4. The fourth-order valence-electron chi connectivity index (χ4n) is 2.60. The van der Waals surface area contributed by atoms with Gasteiger partial charge in [-0.3, -0.25) is 4.79 Å². The average Bonchev–Trinajstić information content (AvgIpc) is 2.11. The molecular weight excluding hydrogens is 160 g/mol. The van der Waals surface area contributed by atoms with E-state index < -0.39 is 0 Å². The van der Waals surface area contributed by atoms with Crippen molar-refractivity contribution < 1.29 is 4.79 Å². The molecule has 1 unspecified atom stereocenters. The van der Waals surface area contributed by atoms with Crippen LogP contribution in [0.15, 0.2) is 11.6 Å². The third kappa shape index (κ3) is 2.20. The monoisotopic (exact) mass is 178 g/mol. The molecule has 0 radical (unpaired) electrons. The molecule has 1 nitrogen and oxygen atoms in total. The zero-order chi connectivity index (χ0) is 9.10. The largest absolute Gasteiger partial charge is 0.295 e. The molecular formula is C12H18O. The van der Waals surface area contributed by atoms with Crippen molar-refractivity contribution in [1.29, 1.82) is 0 Å². The van der Waals surface area contributed by atoms with Crippen LogP contribution in [0.5, 0.6) is 0 Å². The molecule has 1 fully saturated rings. The second kappa shape index (κ2) is 4.08. The Bertz CT molecular complexity index is 227. The van der Waals surface area contributed by atoms with Crippen LogP contribution in [0.1, 0.15) is 51.4 Å². The van der Waals surface area contributed by atoms with E-state index in [1.54, 1.807) is 0 Å². The Morgan fingerprint density at radius 2 is 1.69 bits per heavy atom. The topological polar surface area (TPSA) is 17.1 Å². The van der Waals surface area contributed by atoms with Crippen LogP contribution in [0.3, 0.4) is 0 Å². The summed E-state index contributed by atoms with van der Waals surface area (Å²) in [6.07, 6.45) is 11.6. The van der Waals surface area contributed by atoms with Gasteiger partial charge in [-0.25, -0.2) is 0 Å². The lowest BCUT2D eigenvalue weighted by Crippen LogP contribution is -2.14. The summed E-state index contributed by atoms with van der Waals surface area (Å²) in [7, 11) is 0. The number of fused-ring (bicyclic) bond motifs is 1. The predicted molar refractivity (Wildman–Crippen MR) is 53.5 cm³/mol. The van der Waals surface area contributed by atoms with Gasteiger partial charge < -0.3 is 0 Å². The zero-order valence-electron chi connectivity index (χ0n) is 8.22. The molecule has 0 aliphatic heterocycles. The minimum absolute atomic E-state index is 0.376. The SMILES string of the molecule is O=C1C=C2CCCCC2CCCC1. The fraction of sp³-hybridized carbons (Fsp3) is 0.750. The maximum atomic E-state index is 11.4. The van der Waals surface area contributed by atoms with Crippen molar-refractivity contribution in [2.75, 3.05) is 0 Å². The van der Waals surface area contributed by atoms with Crippen LogP contribution in [-0.4, -0.2) is 5.78 Å². The van der Waals surface area contributed by atoms with Crippen LogP contribution in [-0.2, 0) is 4.79 Å². The van der Waals surface area contributed by atoms with E-state index in [-0.39, 0.29) is 0 Å². The molecule has 0 heterocycles. The first-order chi connectivity index (χ1) is 6.36. The lowest BCUT2D eigenvalue weighted by Gasteiger charge is -2.26. The van der Waals surface area contributed by atoms with Gasteiger partial charge in [0.2, 0.25) is 0 Å². The van der Waals surface area contributed by atoms with E-state index in [0.29, 0.717) is 5.78 Å². The van der Waals surface area contributed by atoms with Gasteiger partial charge in [-0.05, 0) is 44.1 Å². The molecule has 2 rings (SSSR count). The summed E-state index contributed by atoms with van der Waals surface area (Å²) >= 11 is 0. The van der Waals surface area contributed by atoms with Gasteiger partial charge in [0.05, 0.1) is 0 Å². The minimum Gasteiger partial charge on any atom is -0.295 e. The molecule has 1 atom stereocenters. The molecule has 1 heteroatoms. The molecule has 72 valence electrons. The molecule has 1 saturated carbocycles. The highest BCUT2D eigenvalue weighted by molar-refractivity contribution is 5.90. The normalized spacial score (nSPS) is 30.0. The minimum atomic E-state index is 0.376. The highest BCUT2D eigenvalue weighted by Gasteiger charge is 2.20. The lowest BCUT2D eigenvalue weighted by molar-refractivity contribution is -0.114. The Morgan fingerprint density at radius 3 is 2.46 bits per heavy atom. The lowest BCUT2D eigenvalue weighted by atomic mass is 9.79. The van der Waals surface area contributed by atoms with Crippen molar-refractivity contribution in [3.63, 3.8) is 0 Å². The Balaban J connectivity index is 2.13. The van der Waals surface area contributed by atoms with Gasteiger partial charge in [0.1, 0.15) is 0 Å². The van der Waals surface area contributed by atoms with Gasteiger partial charge in [0, 0.05) is 6.42 Å². The Morgan fingerprint density at radius 1 is 1.00 bits per heavy atom. The number of allylic oxidation sites excluding steroid dienone is 2. The molecule has 0 aromatic carbocycles. The molecule has 0 bridgehead atoms. The second-order valence-corrected chi connectivity index (χ2v) is 4.37. The molecule has 2 aliphatic rings. The van der Waals surface area contributed by atoms with E-state index in [2.05, 4.69) is 0 Å². The van der Waals surface area contributed by atoms with Crippen LogP contribution in [0.25, 0.3) is 0 Å². The van der Waals surface area contributed by atoms with Gasteiger partial charge >= 0.3 is 0 Å². The van der Waals surface area contributed by atoms with E-state index in [1.807, 2.05) is 6.08 Å². The molecule has 2 aliphatic carbocycles. The van der Waals surface area contributed by atoms with Crippen LogP contribution < -0.4 is 0 Å². The molecule has 0 aromatic rings. The van der Waals surface area contributed by atoms with Crippen molar-refractivity contribution in [2.24, 2.45) is 5.92 Å². The highest BCUT2D eigenvalue weighted by Crippen LogP contribution is 2.34. The average molecular weight is 178 g/mol. The molecule has 0 amide bonds. The highest BCUT2D eigenvalue weighted by atomic mass is 16.1. The smallest absolute Gasteiger partial charge is 0.155 e. The number of hydrogen-bond acceptors (Lipinski definition) is 1. The van der Waals surface area contributed by atoms with Crippen LogP contribution in [0, 0.1) is 5.92 Å². The maximum Gasteiger partial charge on any atom is 0.155 e. The second-order valence-electron chi connectivity index (χ2n) is 4.37. The Kier molecular flexibility index (Phi) is 2.82. The van der Waals surface area contributed by atoms with Gasteiger partial charge in [0.15, 0.2) is 5.78 Å². The third-order valence-corrected chi connectivity index (χ3v) is 3.36. The summed E-state index contributed by atoms with van der Waals surface area (Å²) < 4.78 is 0. The van der Waals surface area contributed by atoms with Gasteiger partial charge in [-0.15, -0.1) is 0 Å². The summed E-state index contributed by atoms with van der Waals surface area (Å²) in [6, 6.07) is 0. The van der Waals surface area contributed by atoms with E-state index in [9.17, 15) is 4.79 Å². The predicted octanol–water partition coefficient (Wildman–Crippen LogP) is 3.25. The fourth-order valence-corrected chi connectivity index (χ4v) is 2.60. The van der Waals surface area contributed by atoms with Gasteiger partial charge in [-0.1, -0.05) is 18.4 Å². The van der Waals surface area contributed by atoms with E-state index in [0.717, 1.165) is 18.8 Å². The molecule has 0 spiro atoms. The Hall–Kier alpha value is -0.590. The number of carbonyl (C=O) groups excluding carboxylic acids is 1. The first-order valence-corrected chi connectivity index (χ1v) is 5.59. The van der Waals surface area contributed by atoms with Crippen molar-refractivity contribution in [3.8, 4) is 0 Å². The first kappa shape index (κ1) is 8.98. The zero-order valence-corrected chi connectivity index (χ0v) is 8.22. The quantitative estimate of drug-likeness (QED) is 0.556. The van der Waals surface area contributed by atoms with Crippen LogP contribution >= 0.6 is 0 Å². The third-order valence-electron chi connectivity index (χ3n) is 3.36. The van der Waals surface area contributed by atoms with Crippen molar-refractivity contribution in [1.82, 2.24) is 0 Å². The van der Waals surface area contributed by atoms with Crippen molar-refractivity contribution in [2.45, 2.75) is 51.4 Å². The molecule has 13 heavy (non-hydrogen) atoms. The van der Waals surface area contributed by atoms with Gasteiger partial charge in [-0.2, -0.15) is 0 Å². The summed E-state index contributed by atoms with van der Waals surface area (Å²) in [5, 5.41) is 0. The number of ketones is 1. The summed E-state index contributed by atoms with van der Waals surface area (Å²) in [5.41, 5.74) is 1.47. The number of rotatable bonds is 0. The van der Waals surface area contributed by atoms with Crippen LogP contribution in [0.2, 0.25) is 0 Å². The van der Waals surface area contributed by atoms with Crippen LogP contribution in [0.4, 0.5) is 0 Å². The number of hydrogen-bond donors (Lipinski definition) is 0. The molecule has 0 aromatic heterocycles. The summed E-state index contributed by atoms with van der Waals surface area (Å²) in [6.45, 7) is 0. The van der Waals surface area contributed by atoms with Crippen molar-refractivity contribution >= 4 is 5.78 Å². The summed E-state index contributed by atoms with van der Waals surface area (Å²) in [5.74, 6) is 1.14. The van der Waals surface area contributed by atoms with Gasteiger partial charge in [0.25, 0.3) is 0 Å².